The number of anilines is 1. The number of esters is 1. The quantitative estimate of drug-likeness (QED) is 0.532. The highest BCUT2D eigenvalue weighted by Gasteiger charge is 2.20. The van der Waals surface area contributed by atoms with Gasteiger partial charge in [0.05, 0.1) is 12.5 Å². The van der Waals surface area contributed by atoms with Crippen LogP contribution in [0.4, 0.5) is 5.69 Å². The molecule has 0 aliphatic carbocycles. The van der Waals surface area contributed by atoms with Crippen LogP contribution in [-0.2, 0) is 14.3 Å². The fourth-order valence-electron chi connectivity index (χ4n) is 2.75. The van der Waals surface area contributed by atoms with Crippen molar-refractivity contribution in [3.05, 3.63) is 60.2 Å². The van der Waals surface area contributed by atoms with Gasteiger partial charge in [0, 0.05) is 24.4 Å². The molecule has 0 radical (unpaired) electrons. The van der Waals surface area contributed by atoms with E-state index in [9.17, 15) is 9.59 Å². The average Bonchev–Trinajstić information content (AvgIpc) is 2.77. The number of nitrogens with zero attached hydrogens (tertiary/aromatic N) is 2. The Morgan fingerprint density at radius 3 is 2.62 bits per heavy atom. The van der Waals surface area contributed by atoms with Gasteiger partial charge in [0.25, 0.3) is 5.91 Å². The van der Waals surface area contributed by atoms with E-state index in [4.69, 9.17) is 19.5 Å². The Hall–Kier alpha value is -3.79. The summed E-state index contributed by atoms with van der Waals surface area (Å²) < 4.78 is 16.1. The SMILES string of the molecule is N#CCCN(C(=O)COC(=O)/C=C/c1ccccc1)c1ccc2c(c1)OCCO2. The van der Waals surface area contributed by atoms with Gasteiger partial charge in [-0.25, -0.2) is 4.79 Å². The first kappa shape index (κ1) is 20.0. The Kier molecular flexibility index (Phi) is 6.85. The summed E-state index contributed by atoms with van der Waals surface area (Å²) in [7, 11) is 0. The van der Waals surface area contributed by atoms with Crippen molar-refractivity contribution in [2.24, 2.45) is 0 Å². The highest BCUT2D eigenvalue weighted by molar-refractivity contribution is 5.96. The fourth-order valence-corrected chi connectivity index (χ4v) is 2.75. The maximum Gasteiger partial charge on any atom is 0.331 e. The molecule has 0 N–H and O–H groups in total. The van der Waals surface area contributed by atoms with Gasteiger partial charge < -0.3 is 19.1 Å². The van der Waals surface area contributed by atoms with Gasteiger partial charge in [-0.2, -0.15) is 5.26 Å². The largest absolute Gasteiger partial charge is 0.486 e. The molecule has 29 heavy (non-hydrogen) atoms. The van der Waals surface area contributed by atoms with Crippen molar-refractivity contribution in [2.45, 2.75) is 6.42 Å². The summed E-state index contributed by atoms with van der Waals surface area (Å²) >= 11 is 0. The Morgan fingerprint density at radius 1 is 1.10 bits per heavy atom. The first-order valence-corrected chi connectivity index (χ1v) is 9.14. The van der Waals surface area contributed by atoms with Crippen LogP contribution >= 0.6 is 0 Å². The van der Waals surface area contributed by atoms with Gasteiger partial charge in [-0.3, -0.25) is 4.79 Å². The van der Waals surface area contributed by atoms with Gasteiger partial charge in [-0.1, -0.05) is 30.3 Å². The summed E-state index contributed by atoms with van der Waals surface area (Å²) in [4.78, 5) is 26.0. The summed E-state index contributed by atoms with van der Waals surface area (Å²) in [5.74, 6) is 0.0828. The van der Waals surface area contributed by atoms with Gasteiger partial charge in [0.1, 0.15) is 13.2 Å². The molecule has 1 heterocycles. The fraction of sp³-hybridized carbons (Fsp3) is 0.227. The second kappa shape index (κ2) is 9.95. The van der Waals surface area contributed by atoms with E-state index < -0.39 is 18.5 Å². The molecule has 0 unspecified atom stereocenters. The van der Waals surface area contributed by atoms with Crippen LogP contribution in [-0.4, -0.2) is 38.2 Å². The minimum atomic E-state index is -0.621. The van der Waals surface area contributed by atoms with Crippen LogP contribution in [0, 0.1) is 11.3 Å². The maximum atomic E-state index is 12.6. The predicted octanol–water partition coefficient (Wildman–Crippen LogP) is 2.96. The lowest BCUT2D eigenvalue weighted by molar-refractivity contribution is -0.142. The van der Waals surface area contributed by atoms with Gasteiger partial charge >= 0.3 is 5.97 Å². The molecule has 0 bridgehead atoms. The van der Waals surface area contributed by atoms with Gasteiger partial charge in [-0.05, 0) is 23.8 Å². The molecule has 0 spiro atoms. The van der Waals surface area contributed by atoms with E-state index >= 15 is 0 Å². The van der Waals surface area contributed by atoms with Crippen LogP contribution < -0.4 is 14.4 Å². The van der Waals surface area contributed by atoms with E-state index in [0.29, 0.717) is 30.4 Å². The molecule has 7 heteroatoms. The molecule has 3 rings (SSSR count). The number of nitriles is 1. The van der Waals surface area contributed by atoms with E-state index in [-0.39, 0.29) is 13.0 Å². The van der Waals surface area contributed by atoms with Crippen molar-refractivity contribution >= 4 is 23.6 Å². The van der Waals surface area contributed by atoms with Crippen molar-refractivity contribution in [1.82, 2.24) is 0 Å². The number of carbonyl (C=O) groups is 2. The smallest absolute Gasteiger partial charge is 0.331 e. The first-order valence-electron chi connectivity index (χ1n) is 9.14. The molecule has 1 aliphatic rings. The zero-order valence-corrected chi connectivity index (χ0v) is 15.7. The van der Waals surface area contributed by atoms with E-state index in [2.05, 4.69) is 0 Å². The Morgan fingerprint density at radius 2 is 1.86 bits per heavy atom. The minimum Gasteiger partial charge on any atom is -0.486 e. The maximum absolute atomic E-state index is 12.6. The highest BCUT2D eigenvalue weighted by Crippen LogP contribution is 2.34. The van der Waals surface area contributed by atoms with Crippen LogP contribution in [0.5, 0.6) is 11.5 Å². The first-order chi connectivity index (χ1) is 14.2. The molecule has 2 aromatic rings. The lowest BCUT2D eigenvalue weighted by atomic mass is 10.2. The van der Waals surface area contributed by atoms with E-state index in [0.717, 1.165) is 5.56 Å². The topological polar surface area (TPSA) is 88.9 Å². The van der Waals surface area contributed by atoms with Crippen LogP contribution in [0.3, 0.4) is 0 Å². The molecule has 0 atom stereocenters. The lowest BCUT2D eigenvalue weighted by Gasteiger charge is -2.24. The number of carbonyl (C=O) groups excluding carboxylic acids is 2. The second-order valence-electron chi connectivity index (χ2n) is 6.13. The molecule has 7 nitrogen and oxygen atoms in total. The number of ether oxygens (including phenoxy) is 3. The monoisotopic (exact) mass is 392 g/mol. The van der Waals surface area contributed by atoms with Crippen molar-refractivity contribution < 1.29 is 23.8 Å². The van der Waals surface area contributed by atoms with Crippen molar-refractivity contribution in [1.29, 1.82) is 5.26 Å². The third kappa shape index (κ3) is 5.59. The van der Waals surface area contributed by atoms with Gasteiger partial charge in [-0.15, -0.1) is 0 Å². The minimum absolute atomic E-state index is 0.141. The molecule has 2 aromatic carbocycles. The lowest BCUT2D eigenvalue weighted by Crippen LogP contribution is -2.35. The number of amides is 1. The average molecular weight is 392 g/mol. The molecule has 0 saturated heterocycles. The summed E-state index contributed by atoms with van der Waals surface area (Å²) in [6, 6.07) is 16.4. The molecule has 1 amide bonds. The second-order valence-corrected chi connectivity index (χ2v) is 6.13. The summed E-state index contributed by atoms with van der Waals surface area (Å²) in [5.41, 5.74) is 1.40. The Bertz CT molecular complexity index is 934. The molecular weight excluding hydrogens is 372 g/mol. The van der Waals surface area contributed by atoms with Crippen molar-refractivity contribution in [3.63, 3.8) is 0 Å². The van der Waals surface area contributed by atoms with Crippen molar-refractivity contribution in [2.75, 3.05) is 31.3 Å². The number of benzene rings is 2. The van der Waals surface area contributed by atoms with Crippen LogP contribution in [0.2, 0.25) is 0 Å². The van der Waals surface area contributed by atoms with Gasteiger partial charge in [0.2, 0.25) is 0 Å². The van der Waals surface area contributed by atoms with Crippen LogP contribution in [0.15, 0.2) is 54.6 Å². The van der Waals surface area contributed by atoms with E-state index in [1.54, 1.807) is 24.3 Å². The Labute approximate surface area is 168 Å². The molecule has 0 saturated carbocycles. The molecule has 0 aromatic heterocycles. The normalized spacial score (nSPS) is 12.2. The van der Waals surface area contributed by atoms with Crippen LogP contribution in [0.25, 0.3) is 6.08 Å². The van der Waals surface area contributed by atoms with Crippen LogP contribution in [0.1, 0.15) is 12.0 Å². The zero-order chi connectivity index (χ0) is 20.5. The van der Waals surface area contributed by atoms with Gasteiger partial charge in [0.15, 0.2) is 18.1 Å². The van der Waals surface area contributed by atoms with Crippen molar-refractivity contribution in [3.8, 4) is 17.6 Å². The third-order valence-corrected chi connectivity index (χ3v) is 4.14. The molecule has 148 valence electrons. The summed E-state index contributed by atoms with van der Waals surface area (Å²) in [5, 5.41) is 8.91. The predicted molar refractivity (Wildman–Crippen MR) is 106 cm³/mol. The summed E-state index contributed by atoms with van der Waals surface area (Å²) in [6.07, 6.45) is 3.02. The Balaban J connectivity index is 1.64. The standard InChI is InChI=1S/C22H20N2O5/c23-11-4-12-24(18-8-9-19-20(15-18)28-14-13-27-19)21(25)16-29-22(26)10-7-17-5-2-1-3-6-17/h1-3,5-10,15H,4,12-14,16H2/b10-7+. The molecule has 0 fully saturated rings. The number of rotatable bonds is 7. The van der Waals surface area contributed by atoms with E-state index in [1.807, 2.05) is 36.4 Å². The number of hydrogen-bond acceptors (Lipinski definition) is 6. The third-order valence-electron chi connectivity index (χ3n) is 4.14. The molecule has 1 aliphatic heterocycles. The van der Waals surface area contributed by atoms with E-state index in [1.165, 1.54) is 11.0 Å². The zero-order valence-electron chi connectivity index (χ0n) is 15.7. The number of hydrogen-bond donors (Lipinski definition) is 0. The summed E-state index contributed by atoms with van der Waals surface area (Å²) in [6.45, 7) is 0.633. The number of fused-ring (bicyclic) bond motifs is 1. The highest BCUT2D eigenvalue weighted by atomic mass is 16.6. The molecular formula is C22H20N2O5.